The van der Waals surface area contributed by atoms with Crippen LogP contribution >= 0.6 is 0 Å². The molecule has 0 nitrogen and oxygen atoms in total. The molecule has 0 bridgehead atoms. The molecule has 0 saturated heterocycles. The Kier molecular flexibility index (Phi) is 3.96. The summed E-state index contributed by atoms with van der Waals surface area (Å²) in [7, 11) is 0. The molecule has 0 N–H and O–H groups in total. The van der Waals surface area contributed by atoms with Crippen molar-refractivity contribution in [1.29, 1.82) is 0 Å². The van der Waals surface area contributed by atoms with Gasteiger partial charge in [-0.2, -0.15) is 0 Å². The molecule has 0 spiro atoms. The monoisotopic (exact) mass is 208 g/mol. The van der Waals surface area contributed by atoms with Crippen molar-refractivity contribution >= 4 is 0 Å². The molecule has 0 radical (unpaired) electrons. The number of rotatable bonds is 2. The molecule has 2 aliphatic carbocycles. The van der Waals surface area contributed by atoms with Gasteiger partial charge in [0.15, 0.2) is 0 Å². The largest absolute Gasteiger partial charge is 4.00 e. The molecule has 0 aromatic carbocycles. The van der Waals surface area contributed by atoms with Gasteiger partial charge in [-0.05, 0) is 12.8 Å². The molecule has 0 aromatic rings. The first kappa shape index (κ1) is 10.8. The molecule has 1 heteroatoms. The van der Waals surface area contributed by atoms with Crippen molar-refractivity contribution in [2.45, 2.75) is 12.8 Å². The van der Waals surface area contributed by atoms with Gasteiger partial charge < -0.3 is 11.2 Å². The minimum Gasteiger partial charge on any atom is -1.00 e. The zero-order valence-corrected chi connectivity index (χ0v) is 9.22. The molecular weight excluding hydrogens is 192 g/mol. The van der Waals surface area contributed by atoms with E-state index in [1.807, 2.05) is 0 Å². The Morgan fingerprint density at radius 3 is 1.85 bits per heavy atom. The first-order chi connectivity index (χ1) is 5.88. The van der Waals surface area contributed by atoms with E-state index in [4.69, 9.17) is 0 Å². The third-order valence-corrected chi connectivity index (χ3v) is 2.50. The first-order valence-corrected chi connectivity index (χ1v) is 4.42. The minimum absolute atomic E-state index is 0. The summed E-state index contributed by atoms with van der Waals surface area (Å²) in [5, 5.41) is 0. The predicted octanol–water partition coefficient (Wildman–Crippen LogP) is 3.54. The molecule has 0 heterocycles. The average molecular weight is 208 g/mol. The van der Waals surface area contributed by atoms with Crippen LogP contribution in [0.1, 0.15) is 17.1 Å². The molecule has 0 atom stereocenters. The van der Waals surface area contributed by atoms with E-state index in [2.05, 4.69) is 43.4 Å². The van der Waals surface area contributed by atoms with Crippen LogP contribution in [-0.2, 0) is 21.7 Å². The fourth-order valence-electron chi connectivity index (χ4n) is 1.68. The van der Waals surface area contributed by atoms with Crippen molar-refractivity contribution in [3.63, 3.8) is 0 Å². The van der Waals surface area contributed by atoms with Gasteiger partial charge in [-0.3, -0.25) is 0 Å². The summed E-state index contributed by atoms with van der Waals surface area (Å²) >= 11 is 0. The van der Waals surface area contributed by atoms with Gasteiger partial charge >= 0.3 is 21.7 Å². The SMILES string of the molecule is [CH2-]C(C1=CC=CC1)C1=CC=CC1.[H-].[H-].[H-].[Ti+4]. The quantitative estimate of drug-likeness (QED) is 0.481. The van der Waals surface area contributed by atoms with Gasteiger partial charge in [0.2, 0.25) is 0 Å². The molecule has 0 saturated carbocycles. The van der Waals surface area contributed by atoms with Crippen molar-refractivity contribution in [3.8, 4) is 0 Å². The van der Waals surface area contributed by atoms with E-state index in [-0.39, 0.29) is 26.0 Å². The molecule has 2 aliphatic rings. The van der Waals surface area contributed by atoms with Gasteiger partial charge in [0.05, 0.1) is 0 Å². The fourth-order valence-corrected chi connectivity index (χ4v) is 1.68. The summed E-state index contributed by atoms with van der Waals surface area (Å²) in [5.41, 5.74) is 2.90. The van der Waals surface area contributed by atoms with Gasteiger partial charge in [0.1, 0.15) is 0 Å². The smallest absolute Gasteiger partial charge is 1.00 e. The van der Waals surface area contributed by atoms with E-state index in [9.17, 15) is 0 Å². The molecular formula is C12H16Ti. The van der Waals surface area contributed by atoms with E-state index in [1.54, 1.807) is 0 Å². The van der Waals surface area contributed by atoms with Crippen LogP contribution in [0.15, 0.2) is 47.6 Å². The Morgan fingerprint density at radius 1 is 1.08 bits per heavy atom. The maximum atomic E-state index is 4.19. The van der Waals surface area contributed by atoms with Crippen LogP contribution in [0, 0.1) is 12.8 Å². The second-order valence-corrected chi connectivity index (χ2v) is 3.30. The number of hydrogen-bond donors (Lipinski definition) is 0. The fraction of sp³-hybridized carbons (Fsp3) is 0.250. The summed E-state index contributed by atoms with van der Waals surface area (Å²) in [6.07, 6.45) is 15.2. The molecule has 0 fully saturated rings. The maximum Gasteiger partial charge on any atom is 4.00 e. The summed E-state index contributed by atoms with van der Waals surface area (Å²) in [6, 6.07) is 0. The van der Waals surface area contributed by atoms with Crippen LogP contribution in [-0.4, -0.2) is 0 Å². The molecule has 0 aromatic heterocycles. The van der Waals surface area contributed by atoms with Crippen LogP contribution in [0.4, 0.5) is 0 Å². The summed E-state index contributed by atoms with van der Waals surface area (Å²) < 4.78 is 0. The summed E-state index contributed by atoms with van der Waals surface area (Å²) in [6.45, 7) is 4.19. The zero-order chi connectivity index (χ0) is 8.39. The summed E-state index contributed by atoms with van der Waals surface area (Å²) in [5.74, 6) is 0.398. The maximum absolute atomic E-state index is 4.19. The Balaban J connectivity index is -0.000000422. The molecule has 68 valence electrons. The van der Waals surface area contributed by atoms with Crippen molar-refractivity contribution < 1.29 is 26.0 Å². The second-order valence-electron chi connectivity index (χ2n) is 3.30. The minimum atomic E-state index is 0. The topological polar surface area (TPSA) is 0 Å². The van der Waals surface area contributed by atoms with Gasteiger partial charge in [-0.25, -0.2) is 0 Å². The average Bonchev–Trinajstić information content (AvgIpc) is 2.77. The third-order valence-electron chi connectivity index (χ3n) is 2.50. The second kappa shape index (κ2) is 4.78. The van der Waals surface area contributed by atoms with Gasteiger partial charge in [-0.15, -0.1) is 5.92 Å². The Bertz CT molecular complexity index is 273. The predicted molar refractivity (Wildman–Crippen MR) is 55.9 cm³/mol. The first-order valence-electron chi connectivity index (χ1n) is 4.42. The third kappa shape index (κ3) is 2.33. The number of allylic oxidation sites excluding steroid dienone is 8. The van der Waals surface area contributed by atoms with Crippen molar-refractivity contribution in [2.24, 2.45) is 5.92 Å². The Labute approximate surface area is 99.4 Å². The zero-order valence-electron chi connectivity index (χ0n) is 10.7. The van der Waals surface area contributed by atoms with E-state index in [0.29, 0.717) is 5.92 Å². The molecule has 2 rings (SSSR count). The Hall–Kier alpha value is -0.326. The van der Waals surface area contributed by atoms with E-state index >= 15 is 0 Å². The van der Waals surface area contributed by atoms with E-state index in [0.717, 1.165) is 12.8 Å². The number of hydrogen-bond acceptors (Lipinski definition) is 0. The van der Waals surface area contributed by atoms with Crippen LogP contribution < -0.4 is 0 Å². The molecule has 0 aliphatic heterocycles. The van der Waals surface area contributed by atoms with Gasteiger partial charge in [-0.1, -0.05) is 47.6 Å². The standard InChI is InChI=1S/C12H13.Ti.3H/c1-10(11-6-2-3-7-11)12-8-4-5-9-12;;;;/h2-6,8,10H,1,7,9H2;;;;/q-1;+4;3*-1. The molecule has 0 amide bonds. The van der Waals surface area contributed by atoms with Crippen LogP contribution in [0.5, 0.6) is 0 Å². The van der Waals surface area contributed by atoms with Crippen LogP contribution in [0.25, 0.3) is 0 Å². The van der Waals surface area contributed by atoms with Crippen molar-refractivity contribution in [1.82, 2.24) is 0 Å². The Morgan fingerprint density at radius 2 is 1.54 bits per heavy atom. The van der Waals surface area contributed by atoms with Gasteiger partial charge in [0, 0.05) is 0 Å². The van der Waals surface area contributed by atoms with E-state index < -0.39 is 0 Å². The van der Waals surface area contributed by atoms with E-state index in [1.165, 1.54) is 11.1 Å². The van der Waals surface area contributed by atoms with Crippen LogP contribution in [0.2, 0.25) is 0 Å². The molecule has 0 unspecified atom stereocenters. The van der Waals surface area contributed by atoms with Gasteiger partial charge in [0.25, 0.3) is 0 Å². The van der Waals surface area contributed by atoms with Crippen molar-refractivity contribution in [2.75, 3.05) is 0 Å². The summed E-state index contributed by atoms with van der Waals surface area (Å²) in [4.78, 5) is 0. The van der Waals surface area contributed by atoms with Crippen LogP contribution in [0.3, 0.4) is 0 Å². The normalized spacial score (nSPS) is 18.9. The van der Waals surface area contributed by atoms with Crippen molar-refractivity contribution in [3.05, 3.63) is 54.5 Å². The molecule has 13 heavy (non-hydrogen) atoms.